The molecule has 2 aliphatic rings. The standard InChI is InChI=1S/C19H23N3O3S/c1-20-8-7-15(9-19(20)23)10-21-11-16-13-22(14-17(16)12-21)26(24,25)18-5-3-2-4-6-18/h2-9,16-17H,10-14H2,1H3. The van der Waals surface area contributed by atoms with Gasteiger partial charge in [0.25, 0.3) is 5.56 Å². The first kappa shape index (κ1) is 17.5. The maximum absolute atomic E-state index is 12.8. The van der Waals surface area contributed by atoms with E-state index >= 15 is 0 Å². The molecule has 2 saturated heterocycles. The third-order valence-corrected chi connectivity index (χ3v) is 7.33. The van der Waals surface area contributed by atoms with Crippen LogP contribution in [0.15, 0.2) is 58.4 Å². The van der Waals surface area contributed by atoms with Gasteiger partial charge >= 0.3 is 0 Å². The van der Waals surface area contributed by atoms with Crippen LogP contribution in [0.4, 0.5) is 0 Å². The summed E-state index contributed by atoms with van der Waals surface area (Å²) in [5, 5.41) is 0. The van der Waals surface area contributed by atoms with E-state index in [1.807, 2.05) is 12.1 Å². The highest BCUT2D eigenvalue weighted by Crippen LogP contribution is 2.34. The summed E-state index contributed by atoms with van der Waals surface area (Å²) in [5.41, 5.74) is 1.02. The SMILES string of the molecule is Cn1ccc(CN2CC3CN(S(=O)(=O)c4ccccc4)CC3C2)cc1=O. The van der Waals surface area contributed by atoms with Gasteiger partial charge < -0.3 is 4.57 Å². The summed E-state index contributed by atoms with van der Waals surface area (Å²) >= 11 is 0. The summed E-state index contributed by atoms with van der Waals surface area (Å²) in [6.07, 6.45) is 1.79. The molecule has 0 saturated carbocycles. The Bertz CT molecular complexity index is 941. The van der Waals surface area contributed by atoms with Gasteiger partial charge in [-0.2, -0.15) is 4.31 Å². The molecule has 0 N–H and O–H groups in total. The second-order valence-corrected chi connectivity index (χ2v) is 9.27. The molecule has 2 atom stereocenters. The van der Waals surface area contributed by atoms with E-state index < -0.39 is 10.0 Å². The minimum absolute atomic E-state index is 0.00187. The van der Waals surface area contributed by atoms with Crippen molar-refractivity contribution in [2.45, 2.75) is 11.4 Å². The average Bonchev–Trinajstić information content (AvgIpc) is 3.18. The van der Waals surface area contributed by atoms with Crippen LogP contribution >= 0.6 is 0 Å². The van der Waals surface area contributed by atoms with Crippen LogP contribution in [-0.2, 0) is 23.6 Å². The number of aryl methyl sites for hydroxylation is 1. The zero-order valence-electron chi connectivity index (χ0n) is 14.8. The molecule has 6 nitrogen and oxygen atoms in total. The zero-order valence-corrected chi connectivity index (χ0v) is 15.6. The highest BCUT2D eigenvalue weighted by molar-refractivity contribution is 7.89. The highest BCUT2D eigenvalue weighted by Gasteiger charge is 2.44. The molecule has 2 aromatic rings. The first-order valence-electron chi connectivity index (χ1n) is 8.86. The van der Waals surface area contributed by atoms with Gasteiger partial charge in [-0.3, -0.25) is 9.69 Å². The molecule has 4 rings (SSSR count). The summed E-state index contributed by atoms with van der Waals surface area (Å²) in [5.74, 6) is 0.722. The number of likely N-dealkylation sites (tertiary alicyclic amines) is 1. The lowest BCUT2D eigenvalue weighted by Crippen LogP contribution is -2.33. The molecule has 7 heteroatoms. The Kier molecular flexibility index (Phi) is 4.46. The van der Waals surface area contributed by atoms with Crippen LogP contribution in [-0.4, -0.2) is 48.4 Å². The van der Waals surface area contributed by atoms with Crippen LogP contribution in [0.3, 0.4) is 0 Å². The van der Waals surface area contributed by atoms with Crippen LogP contribution in [0, 0.1) is 11.8 Å². The monoisotopic (exact) mass is 373 g/mol. The topological polar surface area (TPSA) is 62.6 Å². The minimum Gasteiger partial charge on any atom is -0.319 e. The van der Waals surface area contributed by atoms with Crippen LogP contribution in [0.5, 0.6) is 0 Å². The normalized spacial score (nSPS) is 24.0. The number of rotatable bonds is 4. The molecule has 0 spiro atoms. The van der Waals surface area contributed by atoms with Gasteiger partial charge in [0.2, 0.25) is 10.0 Å². The molecular weight excluding hydrogens is 350 g/mol. The number of aromatic nitrogens is 1. The second kappa shape index (κ2) is 6.64. The van der Waals surface area contributed by atoms with Crippen molar-refractivity contribution < 1.29 is 8.42 Å². The van der Waals surface area contributed by atoms with Gasteiger partial charge in [0.15, 0.2) is 0 Å². The molecule has 2 unspecified atom stereocenters. The predicted octanol–water partition coefficient (Wildman–Crippen LogP) is 1.14. The van der Waals surface area contributed by atoms with E-state index in [0.717, 1.165) is 25.2 Å². The molecule has 0 aliphatic carbocycles. The molecule has 1 aromatic carbocycles. The third-order valence-electron chi connectivity index (χ3n) is 5.48. The second-order valence-electron chi connectivity index (χ2n) is 7.33. The fourth-order valence-electron chi connectivity index (χ4n) is 4.06. The van der Waals surface area contributed by atoms with E-state index in [1.165, 1.54) is 0 Å². The summed E-state index contributed by atoms with van der Waals surface area (Å²) in [6.45, 7) is 3.65. The Morgan fingerprint density at radius 2 is 1.65 bits per heavy atom. The summed E-state index contributed by atoms with van der Waals surface area (Å²) in [4.78, 5) is 14.5. The number of fused-ring (bicyclic) bond motifs is 1. The molecule has 3 heterocycles. The summed E-state index contributed by atoms with van der Waals surface area (Å²) in [7, 11) is -1.65. The van der Waals surface area contributed by atoms with E-state index in [2.05, 4.69) is 4.90 Å². The molecular formula is C19H23N3O3S. The van der Waals surface area contributed by atoms with Gasteiger partial charge in [0, 0.05) is 52.0 Å². The largest absolute Gasteiger partial charge is 0.319 e. The van der Waals surface area contributed by atoms with Crippen molar-refractivity contribution in [3.8, 4) is 0 Å². The van der Waals surface area contributed by atoms with Crippen LogP contribution in [0.1, 0.15) is 5.56 Å². The first-order chi connectivity index (χ1) is 12.4. The molecule has 2 fully saturated rings. The number of sulfonamides is 1. The predicted molar refractivity (Wildman–Crippen MR) is 99.1 cm³/mol. The van der Waals surface area contributed by atoms with Gasteiger partial charge in [0.05, 0.1) is 4.90 Å². The molecule has 1 aromatic heterocycles. The Morgan fingerprint density at radius 1 is 1.00 bits per heavy atom. The lowest BCUT2D eigenvalue weighted by molar-refractivity contribution is 0.289. The zero-order chi connectivity index (χ0) is 18.3. The van der Waals surface area contributed by atoms with E-state index in [4.69, 9.17) is 0 Å². The fraction of sp³-hybridized carbons (Fsp3) is 0.421. The quantitative estimate of drug-likeness (QED) is 0.806. The minimum atomic E-state index is -3.40. The lowest BCUT2D eigenvalue weighted by Gasteiger charge is -2.21. The van der Waals surface area contributed by atoms with E-state index in [-0.39, 0.29) is 5.56 Å². The maximum atomic E-state index is 12.8. The number of nitrogens with zero attached hydrogens (tertiary/aromatic N) is 3. The molecule has 0 bridgehead atoms. The average molecular weight is 373 g/mol. The van der Waals surface area contributed by atoms with Crippen molar-refractivity contribution in [2.75, 3.05) is 26.2 Å². The smallest absolute Gasteiger partial charge is 0.250 e. The fourth-order valence-corrected chi connectivity index (χ4v) is 5.63. The molecule has 0 radical (unpaired) electrons. The van der Waals surface area contributed by atoms with E-state index in [9.17, 15) is 13.2 Å². The Morgan fingerprint density at radius 3 is 2.27 bits per heavy atom. The first-order valence-corrected chi connectivity index (χ1v) is 10.3. The van der Waals surface area contributed by atoms with Crippen molar-refractivity contribution >= 4 is 10.0 Å². The number of benzene rings is 1. The van der Waals surface area contributed by atoms with Crippen LogP contribution in [0.2, 0.25) is 0 Å². The van der Waals surface area contributed by atoms with Gasteiger partial charge in [-0.05, 0) is 35.6 Å². The van der Waals surface area contributed by atoms with Gasteiger partial charge in [0.1, 0.15) is 0 Å². The van der Waals surface area contributed by atoms with Gasteiger partial charge in [-0.25, -0.2) is 8.42 Å². The Labute approximate surface area is 153 Å². The molecule has 2 aliphatic heterocycles. The maximum Gasteiger partial charge on any atom is 0.250 e. The molecule has 26 heavy (non-hydrogen) atoms. The van der Waals surface area contributed by atoms with Gasteiger partial charge in [-0.15, -0.1) is 0 Å². The highest BCUT2D eigenvalue weighted by atomic mass is 32.2. The van der Waals surface area contributed by atoms with Crippen molar-refractivity contribution in [1.82, 2.24) is 13.8 Å². The summed E-state index contributed by atoms with van der Waals surface area (Å²) < 4.78 is 28.8. The number of hydrogen-bond acceptors (Lipinski definition) is 4. The number of pyridine rings is 1. The van der Waals surface area contributed by atoms with E-state index in [1.54, 1.807) is 52.4 Å². The van der Waals surface area contributed by atoms with E-state index in [0.29, 0.717) is 29.8 Å². The summed E-state index contributed by atoms with van der Waals surface area (Å²) in [6, 6.07) is 12.3. The van der Waals surface area contributed by atoms with Crippen LogP contribution < -0.4 is 5.56 Å². The lowest BCUT2D eigenvalue weighted by atomic mass is 10.0. The van der Waals surface area contributed by atoms with Crippen molar-refractivity contribution in [2.24, 2.45) is 18.9 Å². The molecule has 0 amide bonds. The van der Waals surface area contributed by atoms with Crippen molar-refractivity contribution in [3.05, 3.63) is 64.6 Å². The third kappa shape index (κ3) is 3.22. The van der Waals surface area contributed by atoms with Crippen LogP contribution in [0.25, 0.3) is 0 Å². The Hall–Kier alpha value is -1.96. The van der Waals surface area contributed by atoms with Gasteiger partial charge in [-0.1, -0.05) is 18.2 Å². The van der Waals surface area contributed by atoms with Crippen molar-refractivity contribution in [1.29, 1.82) is 0 Å². The Balaban J connectivity index is 1.41. The number of hydrogen-bond donors (Lipinski definition) is 0. The molecule has 138 valence electrons. The van der Waals surface area contributed by atoms with Crippen molar-refractivity contribution in [3.63, 3.8) is 0 Å².